The minimum absolute atomic E-state index is 0.168. The highest BCUT2D eigenvalue weighted by Gasteiger charge is 2.35. The van der Waals surface area contributed by atoms with E-state index < -0.39 is 27.4 Å². The number of esters is 1. The molecule has 0 aromatic heterocycles. The molecule has 1 unspecified atom stereocenters. The smallest absolute Gasteiger partial charge is 0.324 e. The molecule has 0 saturated carbocycles. The fraction of sp³-hybridized carbons (Fsp3) is 0.533. The number of nitrogens with one attached hydrogen (secondary N) is 1. The van der Waals surface area contributed by atoms with Crippen molar-refractivity contribution in [2.24, 2.45) is 5.41 Å². The minimum Gasteiger partial charge on any atom is -0.468 e. The number of carbonyl (C=O) groups is 1. The summed E-state index contributed by atoms with van der Waals surface area (Å²) in [5, 5.41) is 0. The maximum absolute atomic E-state index is 12.3. The number of methoxy groups -OCH3 is 1. The highest BCUT2D eigenvalue weighted by atomic mass is 32.2. The van der Waals surface area contributed by atoms with Crippen LogP contribution in [0.15, 0.2) is 24.3 Å². The second-order valence-electron chi connectivity index (χ2n) is 6.19. The van der Waals surface area contributed by atoms with Crippen LogP contribution in [0.1, 0.15) is 31.9 Å². The molecule has 6 heteroatoms. The standard InChI is InChI=1S/C15H23NO4S/c1-11-7-6-8-12(9-11)10-21(18,19)16-13(14(17)20-5)15(2,3)4/h6-9,13,16H,10H2,1-5H3. The van der Waals surface area contributed by atoms with Gasteiger partial charge in [0.1, 0.15) is 6.04 Å². The van der Waals surface area contributed by atoms with Gasteiger partial charge >= 0.3 is 5.97 Å². The predicted molar refractivity (Wildman–Crippen MR) is 82.2 cm³/mol. The third-order valence-corrected chi connectivity index (χ3v) is 4.35. The first-order valence-corrected chi connectivity index (χ1v) is 8.34. The Labute approximate surface area is 126 Å². The third kappa shape index (κ3) is 5.47. The highest BCUT2D eigenvalue weighted by molar-refractivity contribution is 7.88. The fourth-order valence-corrected chi connectivity index (χ4v) is 3.45. The lowest BCUT2D eigenvalue weighted by molar-refractivity contribution is -0.145. The molecule has 0 saturated heterocycles. The fourth-order valence-electron chi connectivity index (χ4n) is 1.94. The van der Waals surface area contributed by atoms with E-state index >= 15 is 0 Å². The van der Waals surface area contributed by atoms with Crippen molar-refractivity contribution in [1.29, 1.82) is 0 Å². The maximum atomic E-state index is 12.3. The maximum Gasteiger partial charge on any atom is 0.324 e. The largest absolute Gasteiger partial charge is 0.468 e. The van der Waals surface area contributed by atoms with E-state index in [1.807, 2.05) is 25.1 Å². The van der Waals surface area contributed by atoms with Crippen molar-refractivity contribution in [3.8, 4) is 0 Å². The summed E-state index contributed by atoms with van der Waals surface area (Å²) >= 11 is 0. The Morgan fingerprint density at radius 1 is 1.33 bits per heavy atom. The molecular formula is C15H23NO4S. The summed E-state index contributed by atoms with van der Waals surface area (Å²) in [5.74, 6) is -0.756. The minimum atomic E-state index is -3.64. The summed E-state index contributed by atoms with van der Waals surface area (Å²) in [6, 6.07) is 6.34. The number of rotatable bonds is 5. The summed E-state index contributed by atoms with van der Waals surface area (Å²) in [4.78, 5) is 11.8. The van der Waals surface area contributed by atoms with Gasteiger partial charge in [-0.1, -0.05) is 50.6 Å². The third-order valence-electron chi connectivity index (χ3n) is 3.04. The monoisotopic (exact) mass is 313 g/mol. The van der Waals surface area contributed by atoms with Gasteiger partial charge in [0.25, 0.3) is 0 Å². The van der Waals surface area contributed by atoms with Gasteiger partial charge in [0.05, 0.1) is 12.9 Å². The molecule has 0 amide bonds. The molecule has 0 bridgehead atoms. The zero-order valence-corrected chi connectivity index (χ0v) is 14.0. The van der Waals surface area contributed by atoms with Crippen LogP contribution in [-0.2, 0) is 25.3 Å². The van der Waals surface area contributed by atoms with Crippen molar-refractivity contribution in [3.63, 3.8) is 0 Å². The molecule has 1 aromatic carbocycles. The first kappa shape index (κ1) is 17.7. The summed E-state index contributed by atoms with van der Waals surface area (Å²) in [7, 11) is -2.39. The Morgan fingerprint density at radius 3 is 2.43 bits per heavy atom. The number of ether oxygens (including phenoxy) is 1. The van der Waals surface area contributed by atoms with Gasteiger partial charge in [-0.25, -0.2) is 13.1 Å². The van der Waals surface area contributed by atoms with Gasteiger partial charge in [-0.2, -0.15) is 0 Å². The Morgan fingerprint density at radius 2 is 1.95 bits per heavy atom. The molecular weight excluding hydrogens is 290 g/mol. The number of aryl methyl sites for hydroxylation is 1. The topological polar surface area (TPSA) is 72.5 Å². The van der Waals surface area contributed by atoms with E-state index in [-0.39, 0.29) is 5.75 Å². The van der Waals surface area contributed by atoms with Gasteiger partial charge in [0.2, 0.25) is 10.0 Å². The van der Waals surface area contributed by atoms with Crippen molar-refractivity contribution in [1.82, 2.24) is 4.72 Å². The lowest BCUT2D eigenvalue weighted by atomic mass is 9.87. The first-order valence-electron chi connectivity index (χ1n) is 6.68. The molecule has 0 spiro atoms. The molecule has 0 heterocycles. The van der Waals surface area contributed by atoms with E-state index in [9.17, 15) is 13.2 Å². The Kier molecular flexibility index (Phi) is 5.53. The molecule has 1 N–H and O–H groups in total. The van der Waals surface area contributed by atoms with E-state index in [2.05, 4.69) is 9.46 Å². The Hall–Kier alpha value is -1.40. The quantitative estimate of drug-likeness (QED) is 0.844. The zero-order valence-electron chi connectivity index (χ0n) is 13.1. The second kappa shape index (κ2) is 6.58. The van der Waals surface area contributed by atoms with E-state index in [1.165, 1.54) is 7.11 Å². The molecule has 0 aliphatic carbocycles. The van der Waals surface area contributed by atoms with Crippen molar-refractivity contribution >= 4 is 16.0 Å². The van der Waals surface area contributed by atoms with E-state index in [1.54, 1.807) is 26.8 Å². The van der Waals surface area contributed by atoms with Crippen LogP contribution in [0.5, 0.6) is 0 Å². The van der Waals surface area contributed by atoms with Gasteiger partial charge < -0.3 is 4.74 Å². The number of sulfonamides is 1. The Balaban J connectivity index is 2.94. The summed E-state index contributed by atoms with van der Waals surface area (Å²) in [6.45, 7) is 7.24. The molecule has 1 aromatic rings. The summed E-state index contributed by atoms with van der Waals surface area (Å²) in [6.07, 6.45) is 0. The van der Waals surface area contributed by atoms with Crippen molar-refractivity contribution < 1.29 is 17.9 Å². The molecule has 1 atom stereocenters. The van der Waals surface area contributed by atoms with Crippen LogP contribution < -0.4 is 4.72 Å². The lowest BCUT2D eigenvalue weighted by Gasteiger charge is -2.28. The van der Waals surface area contributed by atoms with Gasteiger partial charge in [-0.3, -0.25) is 4.79 Å². The SMILES string of the molecule is COC(=O)C(NS(=O)(=O)Cc1cccc(C)c1)C(C)(C)C. The lowest BCUT2D eigenvalue weighted by Crippen LogP contribution is -2.49. The summed E-state index contributed by atoms with van der Waals surface area (Å²) < 4.78 is 31.7. The molecule has 0 aliphatic heterocycles. The van der Waals surface area contributed by atoms with Gasteiger partial charge in [0, 0.05) is 0 Å². The molecule has 0 fully saturated rings. The van der Waals surface area contributed by atoms with Gasteiger partial charge in [0.15, 0.2) is 0 Å². The molecule has 0 aliphatic rings. The van der Waals surface area contributed by atoms with Crippen LogP contribution in [0, 0.1) is 12.3 Å². The molecule has 1 rings (SSSR count). The first-order chi connectivity index (χ1) is 9.55. The summed E-state index contributed by atoms with van der Waals surface area (Å²) in [5.41, 5.74) is 1.09. The van der Waals surface area contributed by atoms with Crippen LogP contribution in [0.3, 0.4) is 0 Å². The van der Waals surface area contributed by atoms with Gasteiger partial charge in [-0.05, 0) is 17.9 Å². The van der Waals surface area contributed by atoms with Gasteiger partial charge in [-0.15, -0.1) is 0 Å². The highest BCUT2D eigenvalue weighted by Crippen LogP contribution is 2.21. The molecule has 21 heavy (non-hydrogen) atoms. The van der Waals surface area contributed by atoms with Crippen molar-refractivity contribution in [3.05, 3.63) is 35.4 Å². The van der Waals surface area contributed by atoms with Crippen LogP contribution >= 0.6 is 0 Å². The van der Waals surface area contributed by atoms with Crippen LogP contribution in [0.4, 0.5) is 0 Å². The molecule has 118 valence electrons. The van der Waals surface area contributed by atoms with E-state index in [0.717, 1.165) is 5.56 Å². The predicted octanol–water partition coefficient (Wildman–Crippen LogP) is 2.00. The normalized spacial score (nSPS) is 13.8. The number of carbonyl (C=O) groups excluding carboxylic acids is 1. The second-order valence-corrected chi connectivity index (χ2v) is 7.94. The van der Waals surface area contributed by atoms with Crippen LogP contribution in [0.25, 0.3) is 0 Å². The number of benzene rings is 1. The number of hydrogen-bond donors (Lipinski definition) is 1. The van der Waals surface area contributed by atoms with E-state index in [0.29, 0.717) is 5.56 Å². The molecule has 0 radical (unpaired) electrons. The Bertz CT molecular complexity index is 602. The van der Waals surface area contributed by atoms with Crippen LogP contribution in [-0.4, -0.2) is 27.5 Å². The molecule has 5 nitrogen and oxygen atoms in total. The number of hydrogen-bond acceptors (Lipinski definition) is 4. The van der Waals surface area contributed by atoms with Crippen LogP contribution in [0.2, 0.25) is 0 Å². The van der Waals surface area contributed by atoms with Crippen molar-refractivity contribution in [2.75, 3.05) is 7.11 Å². The van der Waals surface area contributed by atoms with Crippen molar-refractivity contribution in [2.45, 2.75) is 39.5 Å². The zero-order chi connectivity index (χ0) is 16.3. The average Bonchev–Trinajstić information content (AvgIpc) is 2.33. The average molecular weight is 313 g/mol. The van der Waals surface area contributed by atoms with E-state index in [4.69, 9.17) is 0 Å².